The molecular formula is C14H20N2O3S. The highest BCUT2D eigenvalue weighted by Gasteiger charge is 2.53. The summed E-state index contributed by atoms with van der Waals surface area (Å²) < 4.78 is 33.2. The van der Waals surface area contributed by atoms with Gasteiger partial charge in [-0.15, -0.1) is 0 Å². The number of aryl methyl sites for hydroxylation is 2. The highest BCUT2D eigenvalue weighted by molar-refractivity contribution is 7.89. The zero-order valence-corrected chi connectivity index (χ0v) is 12.5. The molecule has 110 valence electrons. The van der Waals surface area contributed by atoms with E-state index in [1.807, 2.05) is 13.0 Å². The summed E-state index contributed by atoms with van der Waals surface area (Å²) in [7, 11) is -3.55. The normalized spacial score (nSPS) is 32.8. The highest BCUT2D eigenvalue weighted by Crippen LogP contribution is 2.38. The molecular weight excluding hydrogens is 276 g/mol. The number of nitrogens with two attached hydrogens (primary N) is 1. The van der Waals surface area contributed by atoms with Gasteiger partial charge in [0.1, 0.15) is 0 Å². The molecule has 0 amide bonds. The van der Waals surface area contributed by atoms with Crippen LogP contribution in [0.25, 0.3) is 0 Å². The van der Waals surface area contributed by atoms with E-state index < -0.39 is 10.0 Å². The van der Waals surface area contributed by atoms with Gasteiger partial charge in [0.25, 0.3) is 0 Å². The highest BCUT2D eigenvalue weighted by atomic mass is 32.2. The molecule has 1 aliphatic heterocycles. The van der Waals surface area contributed by atoms with Gasteiger partial charge in [-0.2, -0.15) is 0 Å². The van der Waals surface area contributed by atoms with Gasteiger partial charge in [-0.05, 0) is 31.9 Å². The van der Waals surface area contributed by atoms with Crippen molar-refractivity contribution in [3.05, 3.63) is 29.3 Å². The molecule has 6 heteroatoms. The van der Waals surface area contributed by atoms with Crippen molar-refractivity contribution >= 4 is 10.0 Å². The molecule has 4 atom stereocenters. The molecule has 2 aliphatic rings. The Morgan fingerprint density at radius 1 is 1.35 bits per heavy atom. The number of fused-ring (bicyclic) bond motifs is 1. The van der Waals surface area contributed by atoms with Crippen LogP contribution in [0.3, 0.4) is 0 Å². The Balaban J connectivity index is 1.82. The lowest BCUT2D eigenvalue weighted by atomic mass is 9.73. The van der Waals surface area contributed by atoms with Crippen LogP contribution in [0.4, 0.5) is 0 Å². The Hall–Kier alpha value is -0.950. The Labute approximate surface area is 119 Å². The molecule has 0 radical (unpaired) electrons. The molecule has 1 saturated heterocycles. The Kier molecular flexibility index (Phi) is 3.36. The van der Waals surface area contributed by atoms with E-state index in [2.05, 4.69) is 4.72 Å². The van der Waals surface area contributed by atoms with Crippen LogP contribution in [0.2, 0.25) is 0 Å². The van der Waals surface area contributed by atoms with E-state index in [4.69, 9.17) is 10.5 Å². The van der Waals surface area contributed by atoms with Crippen molar-refractivity contribution in [2.75, 3.05) is 6.61 Å². The molecule has 1 saturated carbocycles. The van der Waals surface area contributed by atoms with E-state index in [0.717, 1.165) is 17.5 Å². The first-order valence-electron chi connectivity index (χ1n) is 6.87. The second kappa shape index (κ2) is 4.80. The van der Waals surface area contributed by atoms with Crippen LogP contribution in [-0.4, -0.2) is 33.2 Å². The largest absolute Gasteiger partial charge is 0.376 e. The number of ether oxygens (including phenoxy) is 1. The summed E-state index contributed by atoms with van der Waals surface area (Å²) in [6.45, 7) is 4.41. The number of benzene rings is 1. The SMILES string of the molecule is Cc1ccc(S(=O)(=O)NC2C(N)C3CCOC32)c(C)c1. The van der Waals surface area contributed by atoms with Gasteiger partial charge in [0.15, 0.2) is 0 Å². The van der Waals surface area contributed by atoms with Gasteiger partial charge < -0.3 is 10.5 Å². The fourth-order valence-electron chi connectivity index (χ4n) is 3.24. The first-order valence-corrected chi connectivity index (χ1v) is 8.35. The Morgan fingerprint density at radius 2 is 2.10 bits per heavy atom. The van der Waals surface area contributed by atoms with Gasteiger partial charge in [-0.1, -0.05) is 17.7 Å². The summed E-state index contributed by atoms with van der Waals surface area (Å²) in [4.78, 5) is 0.316. The molecule has 20 heavy (non-hydrogen) atoms. The maximum absolute atomic E-state index is 12.5. The van der Waals surface area contributed by atoms with Crippen LogP contribution in [0.5, 0.6) is 0 Å². The smallest absolute Gasteiger partial charge is 0.241 e. The topological polar surface area (TPSA) is 81.4 Å². The van der Waals surface area contributed by atoms with Gasteiger partial charge in [0, 0.05) is 18.6 Å². The minimum Gasteiger partial charge on any atom is -0.376 e. The van der Waals surface area contributed by atoms with E-state index in [1.54, 1.807) is 19.1 Å². The number of nitrogens with one attached hydrogen (secondary N) is 1. The average molecular weight is 296 g/mol. The third kappa shape index (κ3) is 2.16. The van der Waals surface area contributed by atoms with E-state index in [0.29, 0.717) is 17.4 Å². The van der Waals surface area contributed by atoms with Crippen molar-refractivity contribution in [3.8, 4) is 0 Å². The summed E-state index contributed by atoms with van der Waals surface area (Å²) in [6.07, 6.45) is 0.860. The molecule has 5 nitrogen and oxygen atoms in total. The van der Waals surface area contributed by atoms with Crippen molar-refractivity contribution in [1.82, 2.24) is 4.72 Å². The summed E-state index contributed by atoms with van der Waals surface area (Å²) in [6, 6.07) is 4.85. The number of hydrogen-bond donors (Lipinski definition) is 2. The lowest BCUT2D eigenvalue weighted by Gasteiger charge is -2.45. The lowest BCUT2D eigenvalue weighted by Crippen LogP contribution is -2.68. The van der Waals surface area contributed by atoms with Gasteiger partial charge in [0.05, 0.1) is 17.0 Å². The predicted molar refractivity (Wildman–Crippen MR) is 75.8 cm³/mol. The molecule has 2 fully saturated rings. The van der Waals surface area contributed by atoms with Crippen LogP contribution in [0, 0.1) is 19.8 Å². The van der Waals surface area contributed by atoms with Gasteiger partial charge in [-0.3, -0.25) is 0 Å². The van der Waals surface area contributed by atoms with Crippen LogP contribution >= 0.6 is 0 Å². The van der Waals surface area contributed by atoms with Crippen molar-refractivity contribution in [2.24, 2.45) is 11.7 Å². The summed E-state index contributed by atoms with van der Waals surface area (Å²) in [5.41, 5.74) is 7.84. The van der Waals surface area contributed by atoms with Crippen LogP contribution in [0.15, 0.2) is 23.1 Å². The zero-order chi connectivity index (χ0) is 14.5. The van der Waals surface area contributed by atoms with E-state index in [1.165, 1.54) is 0 Å². The second-order valence-electron chi connectivity index (χ2n) is 5.78. The van der Waals surface area contributed by atoms with Crippen LogP contribution < -0.4 is 10.5 Å². The minimum absolute atomic E-state index is 0.0643. The van der Waals surface area contributed by atoms with Gasteiger partial charge in [-0.25, -0.2) is 13.1 Å². The zero-order valence-electron chi connectivity index (χ0n) is 11.7. The van der Waals surface area contributed by atoms with Crippen molar-refractivity contribution in [2.45, 2.75) is 43.4 Å². The lowest BCUT2D eigenvalue weighted by molar-refractivity contribution is -0.00924. The predicted octanol–water partition coefficient (Wildman–Crippen LogP) is 0.696. The number of rotatable bonds is 3. The van der Waals surface area contributed by atoms with E-state index in [-0.39, 0.29) is 18.2 Å². The fraction of sp³-hybridized carbons (Fsp3) is 0.571. The van der Waals surface area contributed by atoms with Crippen molar-refractivity contribution < 1.29 is 13.2 Å². The molecule has 1 heterocycles. The monoisotopic (exact) mass is 296 g/mol. The van der Waals surface area contributed by atoms with E-state index >= 15 is 0 Å². The molecule has 4 unspecified atom stereocenters. The molecule has 0 aromatic heterocycles. The quantitative estimate of drug-likeness (QED) is 0.860. The third-order valence-corrected chi connectivity index (χ3v) is 5.98. The van der Waals surface area contributed by atoms with E-state index in [9.17, 15) is 8.42 Å². The van der Waals surface area contributed by atoms with Crippen LogP contribution in [-0.2, 0) is 14.8 Å². The molecule has 3 rings (SSSR count). The van der Waals surface area contributed by atoms with Crippen molar-refractivity contribution in [1.29, 1.82) is 0 Å². The molecule has 1 aliphatic carbocycles. The molecule has 3 N–H and O–H groups in total. The third-order valence-electron chi connectivity index (χ3n) is 4.36. The first-order chi connectivity index (χ1) is 9.40. The van der Waals surface area contributed by atoms with Gasteiger partial charge in [0.2, 0.25) is 10.0 Å². The average Bonchev–Trinajstić information content (AvgIpc) is 2.80. The first kappa shape index (κ1) is 14.0. The molecule has 0 bridgehead atoms. The summed E-state index contributed by atoms with van der Waals surface area (Å²) >= 11 is 0. The maximum atomic E-state index is 12.5. The van der Waals surface area contributed by atoms with Gasteiger partial charge >= 0.3 is 0 Å². The summed E-state index contributed by atoms with van der Waals surface area (Å²) in [5.74, 6) is 0.293. The molecule has 1 aromatic carbocycles. The standard InChI is InChI=1S/C14H20N2O3S/c1-8-3-4-11(9(2)7-8)20(17,18)16-13-12(15)10-5-6-19-14(10)13/h3-4,7,10,12-14,16H,5-6,15H2,1-2H3. The maximum Gasteiger partial charge on any atom is 0.241 e. The Bertz CT molecular complexity index is 629. The summed E-state index contributed by atoms with van der Waals surface area (Å²) in [5, 5.41) is 0. The second-order valence-corrected chi connectivity index (χ2v) is 7.46. The molecule has 0 spiro atoms. The molecule has 1 aromatic rings. The van der Waals surface area contributed by atoms with Crippen molar-refractivity contribution in [3.63, 3.8) is 0 Å². The Morgan fingerprint density at radius 3 is 2.80 bits per heavy atom. The number of hydrogen-bond acceptors (Lipinski definition) is 4. The minimum atomic E-state index is -3.55. The number of sulfonamides is 1. The fourth-order valence-corrected chi connectivity index (χ4v) is 4.75. The van der Waals surface area contributed by atoms with Crippen LogP contribution in [0.1, 0.15) is 17.5 Å².